The van der Waals surface area contributed by atoms with Gasteiger partial charge in [0.05, 0.1) is 6.10 Å². The molecule has 0 aromatic carbocycles. The molecule has 1 aliphatic heterocycles. The van der Waals surface area contributed by atoms with Crippen molar-refractivity contribution in [2.75, 3.05) is 33.4 Å². The van der Waals surface area contributed by atoms with Crippen molar-refractivity contribution in [1.29, 1.82) is 0 Å². The number of urea groups is 1. The van der Waals surface area contributed by atoms with Gasteiger partial charge in [0.1, 0.15) is 6.04 Å². The summed E-state index contributed by atoms with van der Waals surface area (Å²) in [6.07, 6.45) is 2.98. The highest BCUT2D eigenvalue weighted by molar-refractivity contribution is 5.83. The van der Waals surface area contributed by atoms with E-state index >= 15 is 0 Å². The monoisotopic (exact) mass is 302 g/mol. The lowest BCUT2D eigenvalue weighted by atomic mass is 10.2. The van der Waals surface area contributed by atoms with Gasteiger partial charge >= 0.3 is 12.0 Å². The van der Waals surface area contributed by atoms with E-state index in [0.717, 1.165) is 25.9 Å². The number of carboxylic acid groups (broad SMARTS) is 1. The molecule has 1 fully saturated rings. The van der Waals surface area contributed by atoms with Crippen LogP contribution >= 0.6 is 0 Å². The topological polar surface area (TPSA) is 88.1 Å². The lowest BCUT2D eigenvalue weighted by Crippen LogP contribution is -2.46. The van der Waals surface area contributed by atoms with E-state index in [1.165, 1.54) is 12.0 Å². The predicted molar refractivity (Wildman–Crippen MR) is 77.3 cm³/mol. The van der Waals surface area contributed by atoms with Crippen LogP contribution in [0.25, 0.3) is 0 Å². The number of carboxylic acids is 1. The number of hydrogen-bond donors (Lipinski definition) is 2. The first-order chi connectivity index (χ1) is 10.1. The summed E-state index contributed by atoms with van der Waals surface area (Å²) in [5.41, 5.74) is 0. The number of carbonyl (C=O) groups is 2. The molecular formula is C14H26N2O5. The Balaban J connectivity index is 2.25. The molecule has 7 nitrogen and oxygen atoms in total. The van der Waals surface area contributed by atoms with Crippen molar-refractivity contribution < 1.29 is 24.2 Å². The van der Waals surface area contributed by atoms with Crippen LogP contribution in [0.1, 0.15) is 32.6 Å². The van der Waals surface area contributed by atoms with Crippen LogP contribution in [0.4, 0.5) is 4.79 Å². The van der Waals surface area contributed by atoms with E-state index in [2.05, 4.69) is 12.2 Å². The van der Waals surface area contributed by atoms with Gasteiger partial charge in [0.25, 0.3) is 0 Å². The van der Waals surface area contributed by atoms with Crippen molar-refractivity contribution in [2.24, 2.45) is 0 Å². The molecule has 0 aliphatic carbocycles. The molecular weight excluding hydrogens is 276 g/mol. The fourth-order valence-electron chi connectivity index (χ4n) is 2.25. The molecule has 2 atom stereocenters. The molecule has 0 aromatic heterocycles. The third-order valence-electron chi connectivity index (χ3n) is 3.53. The Hall–Kier alpha value is -1.34. The van der Waals surface area contributed by atoms with E-state index < -0.39 is 12.0 Å². The van der Waals surface area contributed by atoms with Gasteiger partial charge in [-0.2, -0.15) is 0 Å². The van der Waals surface area contributed by atoms with Crippen molar-refractivity contribution in [1.82, 2.24) is 10.2 Å². The predicted octanol–water partition coefficient (Wildman–Crippen LogP) is 1.08. The first kappa shape index (κ1) is 17.7. The minimum atomic E-state index is -0.993. The fourth-order valence-corrected chi connectivity index (χ4v) is 2.25. The average Bonchev–Trinajstić information content (AvgIpc) is 2.90. The Morgan fingerprint density at radius 1 is 1.33 bits per heavy atom. The van der Waals surface area contributed by atoms with Crippen LogP contribution in [-0.4, -0.2) is 67.6 Å². The number of nitrogens with one attached hydrogen (secondary N) is 1. The molecule has 0 saturated carbocycles. The minimum Gasteiger partial charge on any atom is -0.480 e. The number of hydrogen-bond acceptors (Lipinski definition) is 4. The zero-order valence-electron chi connectivity index (χ0n) is 12.8. The van der Waals surface area contributed by atoms with E-state index in [9.17, 15) is 9.59 Å². The van der Waals surface area contributed by atoms with Gasteiger partial charge in [-0.3, -0.25) is 0 Å². The Morgan fingerprint density at radius 3 is 2.67 bits per heavy atom. The van der Waals surface area contributed by atoms with Gasteiger partial charge in [-0.25, -0.2) is 9.59 Å². The van der Waals surface area contributed by atoms with Gasteiger partial charge in [-0.15, -0.1) is 0 Å². The van der Waals surface area contributed by atoms with Gasteiger partial charge in [0, 0.05) is 39.8 Å². The summed E-state index contributed by atoms with van der Waals surface area (Å²) in [5.74, 6) is -0.993. The van der Waals surface area contributed by atoms with Crippen LogP contribution in [0.15, 0.2) is 0 Å². The quantitative estimate of drug-likeness (QED) is 0.622. The van der Waals surface area contributed by atoms with E-state index in [1.807, 2.05) is 0 Å². The maximum Gasteiger partial charge on any atom is 0.326 e. The van der Waals surface area contributed by atoms with E-state index in [4.69, 9.17) is 14.6 Å². The number of amides is 2. The SMILES string of the molecule is CCCCOCCCNC(=O)N1CC(OC)CC1C(=O)O. The number of likely N-dealkylation sites (tertiary alicyclic amines) is 1. The molecule has 2 N–H and O–H groups in total. The number of carbonyl (C=O) groups excluding carboxylic acids is 1. The summed E-state index contributed by atoms with van der Waals surface area (Å²) >= 11 is 0. The largest absolute Gasteiger partial charge is 0.480 e. The van der Waals surface area contributed by atoms with Crippen LogP contribution in [-0.2, 0) is 14.3 Å². The zero-order chi connectivity index (χ0) is 15.7. The van der Waals surface area contributed by atoms with Gasteiger partial charge in [0.2, 0.25) is 0 Å². The minimum absolute atomic E-state index is 0.214. The molecule has 1 heterocycles. The third kappa shape index (κ3) is 5.89. The number of rotatable bonds is 9. The van der Waals surface area contributed by atoms with Crippen LogP contribution in [0, 0.1) is 0 Å². The summed E-state index contributed by atoms with van der Waals surface area (Å²) in [5, 5.41) is 11.9. The molecule has 1 rings (SSSR count). The molecule has 1 saturated heterocycles. The second-order valence-electron chi connectivity index (χ2n) is 5.15. The molecule has 2 amide bonds. The van der Waals surface area contributed by atoms with Crippen molar-refractivity contribution in [3.05, 3.63) is 0 Å². The first-order valence-electron chi connectivity index (χ1n) is 7.48. The summed E-state index contributed by atoms with van der Waals surface area (Å²) in [7, 11) is 1.53. The molecule has 0 spiro atoms. The number of methoxy groups -OCH3 is 1. The summed E-state index contributed by atoms with van der Waals surface area (Å²) < 4.78 is 10.5. The van der Waals surface area contributed by atoms with E-state index in [1.54, 1.807) is 0 Å². The Kier molecular flexibility index (Phi) is 8.07. The Morgan fingerprint density at radius 2 is 2.05 bits per heavy atom. The molecule has 1 aliphatic rings. The van der Waals surface area contributed by atoms with Gasteiger partial charge < -0.3 is 24.8 Å². The van der Waals surface area contributed by atoms with Crippen LogP contribution in [0.3, 0.4) is 0 Å². The van der Waals surface area contributed by atoms with Gasteiger partial charge in [0.15, 0.2) is 0 Å². The van der Waals surface area contributed by atoms with E-state index in [0.29, 0.717) is 26.1 Å². The normalized spacial score (nSPS) is 21.5. The van der Waals surface area contributed by atoms with Crippen LogP contribution in [0.2, 0.25) is 0 Å². The summed E-state index contributed by atoms with van der Waals surface area (Å²) in [6, 6.07) is -1.16. The lowest BCUT2D eigenvalue weighted by Gasteiger charge is -2.21. The third-order valence-corrected chi connectivity index (χ3v) is 3.53. The highest BCUT2D eigenvalue weighted by atomic mass is 16.5. The highest BCUT2D eigenvalue weighted by Crippen LogP contribution is 2.20. The second-order valence-corrected chi connectivity index (χ2v) is 5.15. The Labute approximate surface area is 125 Å². The molecule has 21 heavy (non-hydrogen) atoms. The summed E-state index contributed by atoms with van der Waals surface area (Å²) in [4.78, 5) is 24.5. The van der Waals surface area contributed by atoms with Crippen LogP contribution < -0.4 is 5.32 Å². The standard InChI is InChI=1S/C14H26N2O5/c1-3-4-7-21-8-5-6-15-14(19)16-10-11(20-2)9-12(16)13(17)18/h11-12H,3-10H2,1-2H3,(H,15,19)(H,17,18). The number of aliphatic carboxylic acids is 1. The fraction of sp³-hybridized carbons (Fsp3) is 0.857. The van der Waals surface area contributed by atoms with Crippen molar-refractivity contribution in [3.8, 4) is 0 Å². The smallest absolute Gasteiger partial charge is 0.326 e. The molecule has 7 heteroatoms. The lowest BCUT2D eigenvalue weighted by molar-refractivity contribution is -0.141. The molecule has 122 valence electrons. The number of unbranched alkanes of at least 4 members (excludes halogenated alkanes) is 1. The van der Waals surface area contributed by atoms with Crippen molar-refractivity contribution in [3.63, 3.8) is 0 Å². The number of nitrogens with zero attached hydrogens (tertiary/aromatic N) is 1. The maximum absolute atomic E-state index is 12.0. The molecule has 0 radical (unpaired) electrons. The molecule has 0 bridgehead atoms. The highest BCUT2D eigenvalue weighted by Gasteiger charge is 2.39. The Bertz CT molecular complexity index is 337. The first-order valence-corrected chi connectivity index (χ1v) is 7.48. The van der Waals surface area contributed by atoms with Crippen LogP contribution in [0.5, 0.6) is 0 Å². The van der Waals surface area contributed by atoms with Gasteiger partial charge in [-0.05, 0) is 12.8 Å². The second kappa shape index (κ2) is 9.57. The maximum atomic E-state index is 12.0. The van der Waals surface area contributed by atoms with Crippen molar-refractivity contribution >= 4 is 12.0 Å². The number of ether oxygens (including phenoxy) is 2. The van der Waals surface area contributed by atoms with E-state index in [-0.39, 0.29) is 12.1 Å². The molecule has 0 aromatic rings. The average molecular weight is 302 g/mol. The zero-order valence-corrected chi connectivity index (χ0v) is 12.8. The summed E-state index contributed by atoms with van der Waals surface area (Å²) in [6.45, 7) is 4.24. The molecule has 2 unspecified atom stereocenters. The van der Waals surface area contributed by atoms with Gasteiger partial charge in [-0.1, -0.05) is 13.3 Å². The van der Waals surface area contributed by atoms with Crippen molar-refractivity contribution in [2.45, 2.75) is 44.8 Å².